The van der Waals surface area contributed by atoms with Crippen molar-refractivity contribution in [2.45, 2.75) is 25.7 Å². The number of rotatable bonds is 0. The van der Waals surface area contributed by atoms with E-state index in [1.807, 2.05) is 0 Å². The summed E-state index contributed by atoms with van der Waals surface area (Å²) in [7, 11) is 1.75. The van der Waals surface area contributed by atoms with Crippen molar-refractivity contribution in [3.8, 4) is 0 Å². The van der Waals surface area contributed by atoms with Gasteiger partial charge in [0, 0.05) is 24.7 Å². The molecule has 0 bridgehead atoms. The zero-order valence-corrected chi connectivity index (χ0v) is 7.09. The fraction of sp³-hybridized carbons (Fsp3) is 0.556. The number of Topliss-reactive ketones (excluding diaryl/α,β-unsaturated/α-hetero) is 1. The van der Waals surface area contributed by atoms with E-state index in [2.05, 4.69) is 0 Å². The van der Waals surface area contributed by atoms with Crippen LogP contribution in [0.15, 0.2) is 11.3 Å². The molecule has 12 heavy (non-hydrogen) atoms. The predicted octanol–water partition coefficient (Wildman–Crippen LogP) is 0.856. The highest BCUT2D eigenvalue weighted by atomic mass is 16.2. The van der Waals surface area contributed by atoms with E-state index in [1.165, 1.54) is 0 Å². The van der Waals surface area contributed by atoms with Crippen LogP contribution in [-0.4, -0.2) is 23.6 Å². The van der Waals surface area contributed by atoms with Gasteiger partial charge < -0.3 is 4.90 Å². The second-order valence-electron chi connectivity index (χ2n) is 3.33. The minimum absolute atomic E-state index is 0.0650. The third-order valence-electron chi connectivity index (χ3n) is 2.61. The molecule has 0 aromatic carbocycles. The lowest BCUT2D eigenvalue weighted by atomic mass is 9.95. The van der Waals surface area contributed by atoms with Gasteiger partial charge in [0.2, 0.25) is 5.91 Å². The van der Waals surface area contributed by atoms with E-state index in [0.717, 1.165) is 24.1 Å². The maximum absolute atomic E-state index is 11.3. The first-order chi connectivity index (χ1) is 5.70. The van der Waals surface area contributed by atoms with Crippen molar-refractivity contribution in [3.63, 3.8) is 0 Å². The minimum atomic E-state index is 0.0650. The van der Waals surface area contributed by atoms with Crippen LogP contribution in [0.2, 0.25) is 0 Å². The Bertz CT molecular complexity index is 291. The van der Waals surface area contributed by atoms with Gasteiger partial charge in [-0.25, -0.2) is 0 Å². The number of allylic oxidation sites excluding steroid dienone is 1. The summed E-state index contributed by atoms with van der Waals surface area (Å²) in [6.07, 6.45) is 2.75. The molecular formula is C9H11NO2. The molecule has 3 heteroatoms. The van der Waals surface area contributed by atoms with Gasteiger partial charge in [-0.05, 0) is 12.8 Å². The quantitative estimate of drug-likeness (QED) is 0.533. The van der Waals surface area contributed by atoms with Gasteiger partial charge in [-0.2, -0.15) is 0 Å². The summed E-state index contributed by atoms with van der Waals surface area (Å²) in [6, 6.07) is 0. The van der Waals surface area contributed by atoms with Crippen molar-refractivity contribution in [1.29, 1.82) is 0 Å². The Labute approximate surface area is 71.0 Å². The molecule has 0 unspecified atom stereocenters. The van der Waals surface area contributed by atoms with Crippen LogP contribution in [0.25, 0.3) is 0 Å². The number of carbonyl (C=O) groups excluding carboxylic acids is 2. The fourth-order valence-corrected chi connectivity index (χ4v) is 1.87. The van der Waals surface area contributed by atoms with Gasteiger partial charge in [0.15, 0.2) is 5.78 Å². The van der Waals surface area contributed by atoms with E-state index < -0.39 is 0 Å². The summed E-state index contributed by atoms with van der Waals surface area (Å²) in [5, 5.41) is 0. The van der Waals surface area contributed by atoms with Crippen molar-refractivity contribution in [2.75, 3.05) is 7.05 Å². The molecule has 0 fully saturated rings. The Balaban J connectivity index is 2.38. The fourth-order valence-electron chi connectivity index (χ4n) is 1.87. The maximum atomic E-state index is 11.3. The molecule has 0 saturated heterocycles. The average Bonchev–Trinajstić information content (AvgIpc) is 2.32. The molecule has 1 heterocycles. The molecular weight excluding hydrogens is 154 g/mol. The third-order valence-corrected chi connectivity index (χ3v) is 2.61. The number of nitrogens with zero attached hydrogens (tertiary/aromatic N) is 1. The Morgan fingerprint density at radius 3 is 2.67 bits per heavy atom. The molecule has 0 N–H and O–H groups in total. The highest BCUT2D eigenvalue weighted by Gasteiger charge is 2.32. The summed E-state index contributed by atoms with van der Waals surface area (Å²) in [6.45, 7) is 0. The second-order valence-corrected chi connectivity index (χ2v) is 3.33. The molecule has 3 nitrogen and oxygen atoms in total. The zero-order chi connectivity index (χ0) is 8.72. The summed E-state index contributed by atoms with van der Waals surface area (Å²) in [5.74, 6) is 0.240. The van der Waals surface area contributed by atoms with Gasteiger partial charge in [-0.1, -0.05) is 0 Å². The van der Waals surface area contributed by atoms with E-state index in [9.17, 15) is 9.59 Å². The van der Waals surface area contributed by atoms with Gasteiger partial charge in [0.25, 0.3) is 0 Å². The van der Waals surface area contributed by atoms with E-state index in [1.54, 1.807) is 11.9 Å². The van der Waals surface area contributed by atoms with Crippen molar-refractivity contribution in [1.82, 2.24) is 4.90 Å². The predicted molar refractivity (Wildman–Crippen MR) is 43.3 cm³/mol. The van der Waals surface area contributed by atoms with Crippen LogP contribution < -0.4 is 0 Å². The lowest BCUT2D eigenvalue weighted by molar-refractivity contribution is -0.126. The van der Waals surface area contributed by atoms with Crippen LogP contribution in [0, 0.1) is 0 Å². The van der Waals surface area contributed by atoms with Gasteiger partial charge in [0.05, 0.1) is 6.42 Å². The summed E-state index contributed by atoms with van der Waals surface area (Å²) < 4.78 is 0. The van der Waals surface area contributed by atoms with Gasteiger partial charge in [0.1, 0.15) is 0 Å². The minimum Gasteiger partial charge on any atom is -0.319 e. The highest BCUT2D eigenvalue weighted by molar-refractivity contribution is 6.04. The molecule has 1 aliphatic heterocycles. The molecule has 0 spiro atoms. The molecule has 0 aromatic heterocycles. The molecule has 0 saturated carbocycles. The van der Waals surface area contributed by atoms with Crippen LogP contribution in [0.1, 0.15) is 25.7 Å². The SMILES string of the molecule is CN1C(=O)CC2=C1CCCC2=O. The number of hydrogen-bond donors (Lipinski definition) is 0. The Hall–Kier alpha value is -1.12. The van der Waals surface area contributed by atoms with Crippen molar-refractivity contribution in [3.05, 3.63) is 11.3 Å². The lowest BCUT2D eigenvalue weighted by Gasteiger charge is -2.17. The van der Waals surface area contributed by atoms with Gasteiger partial charge >= 0.3 is 0 Å². The molecule has 2 aliphatic rings. The lowest BCUT2D eigenvalue weighted by Crippen LogP contribution is -2.20. The molecule has 0 atom stereocenters. The molecule has 1 amide bonds. The molecule has 1 aliphatic carbocycles. The van der Waals surface area contributed by atoms with Crippen LogP contribution in [0.3, 0.4) is 0 Å². The first-order valence-corrected chi connectivity index (χ1v) is 4.22. The van der Waals surface area contributed by atoms with Crippen LogP contribution >= 0.6 is 0 Å². The summed E-state index contributed by atoms with van der Waals surface area (Å²) in [4.78, 5) is 24.2. The van der Waals surface area contributed by atoms with E-state index in [-0.39, 0.29) is 11.7 Å². The molecule has 64 valence electrons. The van der Waals surface area contributed by atoms with E-state index in [4.69, 9.17) is 0 Å². The van der Waals surface area contributed by atoms with Gasteiger partial charge in [-0.3, -0.25) is 9.59 Å². The first-order valence-electron chi connectivity index (χ1n) is 4.22. The Morgan fingerprint density at radius 2 is 2.00 bits per heavy atom. The topological polar surface area (TPSA) is 37.4 Å². The number of ketones is 1. The average molecular weight is 165 g/mol. The largest absolute Gasteiger partial charge is 0.319 e. The number of amides is 1. The highest BCUT2D eigenvalue weighted by Crippen LogP contribution is 2.32. The monoisotopic (exact) mass is 165 g/mol. The molecule has 0 aromatic rings. The smallest absolute Gasteiger partial charge is 0.231 e. The van der Waals surface area contributed by atoms with E-state index >= 15 is 0 Å². The summed E-state index contributed by atoms with van der Waals surface area (Å²) >= 11 is 0. The third kappa shape index (κ3) is 0.891. The van der Waals surface area contributed by atoms with Crippen LogP contribution in [-0.2, 0) is 9.59 Å². The van der Waals surface area contributed by atoms with Crippen molar-refractivity contribution < 1.29 is 9.59 Å². The Kier molecular flexibility index (Phi) is 1.53. The van der Waals surface area contributed by atoms with Crippen LogP contribution in [0.5, 0.6) is 0 Å². The van der Waals surface area contributed by atoms with E-state index in [0.29, 0.717) is 12.8 Å². The maximum Gasteiger partial charge on any atom is 0.231 e. The second kappa shape index (κ2) is 2.44. The summed E-state index contributed by atoms with van der Waals surface area (Å²) in [5.41, 5.74) is 1.74. The molecule has 2 rings (SSSR count). The Morgan fingerprint density at radius 1 is 1.25 bits per heavy atom. The normalized spacial score (nSPS) is 23.6. The number of carbonyl (C=O) groups is 2. The van der Waals surface area contributed by atoms with Crippen LogP contribution in [0.4, 0.5) is 0 Å². The van der Waals surface area contributed by atoms with Crippen molar-refractivity contribution in [2.24, 2.45) is 0 Å². The van der Waals surface area contributed by atoms with Gasteiger partial charge in [-0.15, -0.1) is 0 Å². The zero-order valence-electron chi connectivity index (χ0n) is 7.09. The number of hydrogen-bond acceptors (Lipinski definition) is 2. The van der Waals surface area contributed by atoms with Crippen molar-refractivity contribution >= 4 is 11.7 Å². The molecule has 0 radical (unpaired) electrons. The first kappa shape index (κ1) is 7.53. The standard InChI is InChI=1S/C9H11NO2/c1-10-7-3-2-4-8(11)6(7)5-9(10)12/h2-5H2,1H3.